The van der Waals surface area contributed by atoms with Crippen LogP contribution in [0.2, 0.25) is 0 Å². The zero-order valence-electron chi connectivity index (χ0n) is 15.9. The predicted molar refractivity (Wildman–Crippen MR) is 103 cm³/mol. The lowest BCUT2D eigenvalue weighted by Gasteiger charge is -2.35. The maximum absolute atomic E-state index is 13.5. The molecule has 2 atom stereocenters. The second-order valence-corrected chi connectivity index (χ2v) is 7.36. The number of fused-ring (bicyclic) bond motifs is 1. The molecule has 148 valence electrons. The smallest absolute Gasteiger partial charge is 0.270 e. The van der Waals surface area contributed by atoms with Gasteiger partial charge in [0.1, 0.15) is 11.5 Å². The van der Waals surface area contributed by atoms with Crippen LogP contribution >= 0.6 is 0 Å². The molecule has 2 amide bonds. The number of amides is 2. The van der Waals surface area contributed by atoms with Crippen LogP contribution in [0.25, 0.3) is 10.9 Å². The summed E-state index contributed by atoms with van der Waals surface area (Å²) in [6.45, 7) is 4.65. The van der Waals surface area contributed by atoms with E-state index < -0.39 is 0 Å². The van der Waals surface area contributed by atoms with Crippen LogP contribution in [0.1, 0.15) is 23.8 Å². The quantitative estimate of drug-likeness (QED) is 0.808. The Morgan fingerprint density at radius 3 is 2.75 bits per heavy atom. The number of rotatable bonds is 2. The molecule has 1 N–H and O–H groups in total. The van der Waals surface area contributed by atoms with Gasteiger partial charge in [-0.05, 0) is 37.6 Å². The molecule has 0 bridgehead atoms. The number of hydrogen-bond acceptors (Lipinski definition) is 3. The largest absolute Gasteiger partial charge is 0.378 e. The SMILES string of the molecule is C[C@@H]1[C@@H](C(=O)N2CCOCC2)CC=CCN1C(=O)c1cc2cc(F)ccc2[nH]1. The number of carbonyl (C=O) groups is 2. The number of allylic oxidation sites excluding steroid dienone is 1. The summed E-state index contributed by atoms with van der Waals surface area (Å²) in [4.78, 5) is 32.9. The molecule has 2 aliphatic rings. The van der Waals surface area contributed by atoms with Crippen molar-refractivity contribution in [2.45, 2.75) is 19.4 Å². The Kier molecular flexibility index (Phi) is 5.17. The zero-order valence-corrected chi connectivity index (χ0v) is 15.9. The Bertz CT molecular complexity index is 917. The van der Waals surface area contributed by atoms with E-state index in [0.717, 1.165) is 0 Å². The summed E-state index contributed by atoms with van der Waals surface area (Å²) in [6, 6.07) is 5.81. The van der Waals surface area contributed by atoms with E-state index in [1.807, 2.05) is 24.0 Å². The number of nitrogens with zero attached hydrogens (tertiary/aromatic N) is 2. The third-order valence-corrected chi connectivity index (χ3v) is 5.65. The fraction of sp³-hybridized carbons (Fsp3) is 0.429. The van der Waals surface area contributed by atoms with E-state index in [1.54, 1.807) is 17.0 Å². The van der Waals surface area contributed by atoms with E-state index in [9.17, 15) is 14.0 Å². The Morgan fingerprint density at radius 1 is 1.18 bits per heavy atom. The molecule has 1 aromatic carbocycles. The highest BCUT2D eigenvalue weighted by atomic mass is 19.1. The molecule has 3 heterocycles. The van der Waals surface area contributed by atoms with Crippen molar-refractivity contribution in [2.75, 3.05) is 32.8 Å². The molecular formula is C21H24FN3O3. The Balaban J connectivity index is 1.57. The number of aromatic amines is 1. The fourth-order valence-corrected chi connectivity index (χ4v) is 3.98. The summed E-state index contributed by atoms with van der Waals surface area (Å²) in [5.41, 5.74) is 1.11. The third kappa shape index (κ3) is 3.54. The minimum atomic E-state index is -0.340. The van der Waals surface area contributed by atoms with E-state index in [2.05, 4.69) is 4.98 Å². The van der Waals surface area contributed by atoms with Crippen molar-refractivity contribution in [3.8, 4) is 0 Å². The van der Waals surface area contributed by atoms with Gasteiger partial charge in [0.05, 0.1) is 19.1 Å². The second-order valence-electron chi connectivity index (χ2n) is 7.36. The number of halogens is 1. The minimum absolute atomic E-state index is 0.0684. The van der Waals surface area contributed by atoms with Gasteiger partial charge in [-0.2, -0.15) is 0 Å². The van der Waals surface area contributed by atoms with Gasteiger partial charge in [-0.3, -0.25) is 9.59 Å². The predicted octanol–water partition coefficient (Wildman–Crippen LogP) is 2.57. The number of benzene rings is 1. The lowest BCUT2D eigenvalue weighted by atomic mass is 9.94. The first-order valence-corrected chi connectivity index (χ1v) is 9.65. The molecule has 4 rings (SSSR count). The van der Waals surface area contributed by atoms with Crippen molar-refractivity contribution in [3.05, 3.63) is 47.9 Å². The van der Waals surface area contributed by atoms with Gasteiger partial charge in [-0.25, -0.2) is 4.39 Å². The molecular weight excluding hydrogens is 361 g/mol. The van der Waals surface area contributed by atoms with Crippen molar-refractivity contribution in [2.24, 2.45) is 5.92 Å². The lowest BCUT2D eigenvalue weighted by Crippen LogP contribution is -2.50. The topological polar surface area (TPSA) is 65.6 Å². The Hall–Kier alpha value is -2.67. The molecule has 28 heavy (non-hydrogen) atoms. The molecule has 6 nitrogen and oxygen atoms in total. The Morgan fingerprint density at radius 2 is 1.96 bits per heavy atom. The maximum atomic E-state index is 13.5. The van der Waals surface area contributed by atoms with Crippen LogP contribution in [-0.4, -0.2) is 65.5 Å². The van der Waals surface area contributed by atoms with Crippen molar-refractivity contribution >= 4 is 22.7 Å². The van der Waals surface area contributed by atoms with Gasteiger partial charge >= 0.3 is 0 Å². The average Bonchev–Trinajstić information content (AvgIpc) is 3.03. The summed E-state index contributed by atoms with van der Waals surface area (Å²) < 4.78 is 18.8. The summed E-state index contributed by atoms with van der Waals surface area (Å²) in [7, 11) is 0. The fourth-order valence-electron chi connectivity index (χ4n) is 3.98. The van der Waals surface area contributed by atoms with E-state index in [4.69, 9.17) is 4.74 Å². The molecule has 2 aliphatic heterocycles. The van der Waals surface area contributed by atoms with Crippen molar-refractivity contribution in [3.63, 3.8) is 0 Å². The van der Waals surface area contributed by atoms with Crippen LogP contribution in [0.3, 0.4) is 0 Å². The van der Waals surface area contributed by atoms with Crippen molar-refractivity contribution in [1.29, 1.82) is 0 Å². The summed E-state index contributed by atoms with van der Waals surface area (Å²) in [5, 5.41) is 0.655. The molecule has 1 aromatic heterocycles. The molecule has 1 saturated heterocycles. The number of nitrogens with one attached hydrogen (secondary N) is 1. The van der Waals surface area contributed by atoms with E-state index in [0.29, 0.717) is 55.9 Å². The zero-order chi connectivity index (χ0) is 19.7. The van der Waals surface area contributed by atoms with Gasteiger partial charge < -0.3 is 19.5 Å². The maximum Gasteiger partial charge on any atom is 0.270 e. The van der Waals surface area contributed by atoms with Crippen LogP contribution in [0.15, 0.2) is 36.4 Å². The third-order valence-electron chi connectivity index (χ3n) is 5.65. The highest BCUT2D eigenvalue weighted by Gasteiger charge is 2.35. The lowest BCUT2D eigenvalue weighted by molar-refractivity contribution is -0.141. The molecule has 0 aliphatic carbocycles. The first kappa shape index (κ1) is 18.7. The van der Waals surface area contributed by atoms with Crippen LogP contribution < -0.4 is 0 Å². The van der Waals surface area contributed by atoms with Crippen LogP contribution in [0.4, 0.5) is 4.39 Å². The van der Waals surface area contributed by atoms with Crippen molar-refractivity contribution < 1.29 is 18.7 Å². The minimum Gasteiger partial charge on any atom is -0.378 e. The number of carbonyl (C=O) groups excluding carboxylic acids is 2. The van der Waals surface area contributed by atoms with E-state index in [1.165, 1.54) is 12.1 Å². The number of hydrogen-bond donors (Lipinski definition) is 1. The number of H-pyrrole nitrogens is 1. The van der Waals surface area contributed by atoms with Gasteiger partial charge in [0, 0.05) is 36.6 Å². The molecule has 0 saturated carbocycles. The van der Waals surface area contributed by atoms with Crippen molar-refractivity contribution in [1.82, 2.24) is 14.8 Å². The standard InChI is InChI=1S/C21H24FN3O3/c1-14-17(20(26)24-8-10-28-11-9-24)4-2-3-7-25(14)21(27)19-13-15-12-16(22)5-6-18(15)23-19/h2-3,5-6,12-14,17,23H,4,7-11H2,1H3/t14-,17+/m1/s1. The van der Waals surface area contributed by atoms with Gasteiger partial charge in [-0.1, -0.05) is 12.2 Å². The van der Waals surface area contributed by atoms with Gasteiger partial charge in [0.15, 0.2) is 0 Å². The van der Waals surface area contributed by atoms with Crippen LogP contribution in [0.5, 0.6) is 0 Å². The Labute approximate surface area is 162 Å². The number of morpholine rings is 1. The molecule has 7 heteroatoms. The number of aromatic nitrogens is 1. The molecule has 1 fully saturated rings. The molecule has 0 radical (unpaired) electrons. The summed E-state index contributed by atoms with van der Waals surface area (Å²) in [5.74, 6) is -0.746. The average molecular weight is 385 g/mol. The molecule has 0 spiro atoms. The molecule has 0 unspecified atom stereocenters. The van der Waals surface area contributed by atoms with Crippen LogP contribution in [0, 0.1) is 11.7 Å². The van der Waals surface area contributed by atoms with Gasteiger partial charge in [0.2, 0.25) is 5.91 Å². The van der Waals surface area contributed by atoms with E-state index >= 15 is 0 Å². The van der Waals surface area contributed by atoms with E-state index in [-0.39, 0.29) is 29.6 Å². The second kappa shape index (κ2) is 7.75. The monoisotopic (exact) mass is 385 g/mol. The van der Waals surface area contributed by atoms with Gasteiger partial charge in [-0.15, -0.1) is 0 Å². The molecule has 2 aromatic rings. The number of ether oxygens (including phenoxy) is 1. The van der Waals surface area contributed by atoms with Crippen LogP contribution in [-0.2, 0) is 9.53 Å². The summed E-state index contributed by atoms with van der Waals surface area (Å²) >= 11 is 0. The first-order chi connectivity index (χ1) is 13.5. The highest BCUT2D eigenvalue weighted by molar-refractivity contribution is 5.98. The van der Waals surface area contributed by atoms with Gasteiger partial charge in [0.25, 0.3) is 5.91 Å². The first-order valence-electron chi connectivity index (χ1n) is 9.65. The highest BCUT2D eigenvalue weighted by Crippen LogP contribution is 2.25. The normalized spacial score (nSPS) is 23.1. The summed E-state index contributed by atoms with van der Waals surface area (Å²) in [6.07, 6.45) is 4.52.